The van der Waals surface area contributed by atoms with Gasteiger partial charge >= 0.3 is 5.97 Å². The Hall–Kier alpha value is -1.47. The fourth-order valence-corrected chi connectivity index (χ4v) is 4.38. The summed E-state index contributed by atoms with van der Waals surface area (Å²) >= 11 is 0. The molecule has 7 nitrogen and oxygen atoms in total. The van der Waals surface area contributed by atoms with E-state index in [1.807, 2.05) is 13.8 Å². The molecule has 142 valence electrons. The molecule has 0 aromatic heterocycles. The second-order valence-electron chi connectivity index (χ2n) is 8.01. The maximum atomic E-state index is 11.8. The van der Waals surface area contributed by atoms with E-state index in [9.17, 15) is 24.6 Å². The number of likely N-dealkylation sites (tertiary alicyclic amines) is 1. The lowest BCUT2D eigenvalue weighted by Gasteiger charge is -2.45. The molecule has 2 aliphatic rings. The van der Waals surface area contributed by atoms with Crippen molar-refractivity contribution in [2.45, 2.75) is 70.7 Å². The molecule has 1 unspecified atom stereocenters. The quantitative estimate of drug-likeness (QED) is 0.573. The number of piperidine rings is 1. The summed E-state index contributed by atoms with van der Waals surface area (Å²) in [6, 6.07) is 0. The van der Waals surface area contributed by atoms with Crippen LogP contribution in [0.1, 0.15) is 52.9 Å². The van der Waals surface area contributed by atoms with E-state index in [1.165, 1.54) is 14.0 Å². The van der Waals surface area contributed by atoms with Crippen molar-refractivity contribution >= 4 is 17.8 Å². The highest BCUT2D eigenvalue weighted by atomic mass is 16.6. The van der Waals surface area contributed by atoms with Crippen molar-refractivity contribution in [3.63, 3.8) is 0 Å². The van der Waals surface area contributed by atoms with Gasteiger partial charge in [-0.1, -0.05) is 6.92 Å². The fraction of sp³-hybridized carbons (Fsp3) is 0.833. The Bertz CT molecular complexity index is 532. The first-order valence-electron chi connectivity index (χ1n) is 8.87. The van der Waals surface area contributed by atoms with Crippen LogP contribution in [0.15, 0.2) is 0 Å². The van der Waals surface area contributed by atoms with Gasteiger partial charge in [0.2, 0.25) is 11.8 Å². The summed E-state index contributed by atoms with van der Waals surface area (Å²) in [4.78, 5) is 36.2. The van der Waals surface area contributed by atoms with Crippen molar-refractivity contribution in [3.8, 4) is 0 Å². The van der Waals surface area contributed by atoms with Crippen molar-refractivity contribution in [2.75, 3.05) is 7.05 Å². The number of nitrogens with zero attached hydrogens (tertiary/aromatic N) is 1. The number of ether oxygens (including phenoxy) is 1. The minimum absolute atomic E-state index is 0.126. The molecule has 2 N–H and O–H groups in total. The number of carbonyl (C=O) groups is 3. The number of imide groups is 1. The van der Waals surface area contributed by atoms with Gasteiger partial charge in [0.15, 0.2) is 0 Å². The zero-order chi connectivity index (χ0) is 18.9. The van der Waals surface area contributed by atoms with Crippen LogP contribution in [0.5, 0.6) is 0 Å². The van der Waals surface area contributed by atoms with Crippen LogP contribution in [0.25, 0.3) is 0 Å². The number of amides is 2. The van der Waals surface area contributed by atoms with Gasteiger partial charge in [0.1, 0.15) is 5.60 Å². The summed E-state index contributed by atoms with van der Waals surface area (Å²) in [6.07, 6.45) is 0.0295. The van der Waals surface area contributed by atoms with Crippen LogP contribution in [0.2, 0.25) is 0 Å². The largest absolute Gasteiger partial charge is 0.460 e. The fourth-order valence-electron chi connectivity index (χ4n) is 4.38. The molecule has 2 fully saturated rings. The Morgan fingerprint density at radius 2 is 1.88 bits per heavy atom. The van der Waals surface area contributed by atoms with E-state index in [0.29, 0.717) is 12.8 Å². The van der Waals surface area contributed by atoms with Crippen molar-refractivity contribution in [1.29, 1.82) is 0 Å². The highest BCUT2D eigenvalue weighted by molar-refractivity contribution is 5.97. The molecule has 2 amide bonds. The Labute approximate surface area is 148 Å². The van der Waals surface area contributed by atoms with Gasteiger partial charge in [0.25, 0.3) is 0 Å². The highest BCUT2D eigenvalue weighted by Crippen LogP contribution is 2.41. The zero-order valence-electron chi connectivity index (χ0n) is 15.4. The summed E-state index contributed by atoms with van der Waals surface area (Å²) in [7, 11) is 1.47. The van der Waals surface area contributed by atoms with Crippen LogP contribution in [0.4, 0.5) is 0 Å². The second-order valence-corrected chi connectivity index (χ2v) is 8.01. The monoisotopic (exact) mass is 355 g/mol. The molecule has 1 saturated heterocycles. The van der Waals surface area contributed by atoms with E-state index in [2.05, 4.69) is 0 Å². The van der Waals surface area contributed by atoms with Gasteiger partial charge in [-0.25, -0.2) is 0 Å². The van der Waals surface area contributed by atoms with Crippen LogP contribution < -0.4 is 0 Å². The van der Waals surface area contributed by atoms with E-state index in [4.69, 9.17) is 4.74 Å². The molecule has 0 radical (unpaired) electrons. The van der Waals surface area contributed by atoms with Crippen LogP contribution in [-0.2, 0) is 19.1 Å². The summed E-state index contributed by atoms with van der Waals surface area (Å²) in [5.74, 6) is -1.68. The van der Waals surface area contributed by atoms with Gasteiger partial charge in [0, 0.05) is 32.7 Å². The SMILES string of the molecule is CC(=O)O[C@@]1(C)C[C@@H]([C@H](O)CC2CC(=O)N(C)C(=O)C2)C(O)[C@@H](C)C1. The second kappa shape index (κ2) is 7.41. The van der Waals surface area contributed by atoms with Crippen molar-refractivity contribution in [2.24, 2.45) is 17.8 Å². The average Bonchev–Trinajstić information content (AvgIpc) is 2.47. The van der Waals surface area contributed by atoms with E-state index in [1.54, 1.807) is 0 Å². The summed E-state index contributed by atoms with van der Waals surface area (Å²) in [5.41, 5.74) is -0.728. The van der Waals surface area contributed by atoms with Crippen LogP contribution in [-0.4, -0.2) is 57.8 Å². The number of esters is 1. The summed E-state index contributed by atoms with van der Waals surface area (Å²) < 4.78 is 5.44. The van der Waals surface area contributed by atoms with E-state index in [-0.39, 0.29) is 48.9 Å². The molecule has 2 rings (SSSR count). The van der Waals surface area contributed by atoms with Gasteiger partial charge in [-0.3, -0.25) is 19.3 Å². The molecule has 0 spiro atoms. The highest BCUT2D eigenvalue weighted by Gasteiger charge is 2.46. The number of aliphatic hydroxyl groups excluding tert-OH is 2. The van der Waals surface area contributed by atoms with Crippen LogP contribution in [0, 0.1) is 17.8 Å². The number of aliphatic hydroxyl groups is 2. The van der Waals surface area contributed by atoms with Crippen LogP contribution in [0.3, 0.4) is 0 Å². The third-order valence-corrected chi connectivity index (χ3v) is 5.58. The summed E-state index contributed by atoms with van der Waals surface area (Å²) in [6.45, 7) is 5.04. The van der Waals surface area contributed by atoms with Crippen molar-refractivity contribution in [1.82, 2.24) is 4.90 Å². The predicted octanol–water partition coefficient (Wildman–Crippen LogP) is 0.861. The molecule has 0 aromatic rings. The Kier molecular flexibility index (Phi) is 5.89. The number of rotatable bonds is 4. The first kappa shape index (κ1) is 19.8. The molecule has 0 bridgehead atoms. The topological polar surface area (TPSA) is 104 Å². The molecular weight excluding hydrogens is 326 g/mol. The molecule has 1 heterocycles. The van der Waals surface area contributed by atoms with Gasteiger partial charge in [0.05, 0.1) is 12.2 Å². The third kappa shape index (κ3) is 4.58. The molecule has 5 atom stereocenters. The number of carbonyl (C=O) groups excluding carboxylic acids is 3. The Morgan fingerprint density at radius 1 is 1.32 bits per heavy atom. The maximum absolute atomic E-state index is 11.8. The van der Waals surface area contributed by atoms with Crippen molar-refractivity contribution < 1.29 is 29.3 Å². The smallest absolute Gasteiger partial charge is 0.303 e. The maximum Gasteiger partial charge on any atom is 0.303 e. The van der Waals surface area contributed by atoms with E-state index in [0.717, 1.165) is 4.90 Å². The average molecular weight is 355 g/mol. The molecule has 0 aromatic carbocycles. The predicted molar refractivity (Wildman–Crippen MR) is 89.2 cm³/mol. The lowest BCUT2D eigenvalue weighted by molar-refractivity contribution is -0.174. The molecular formula is C18H29NO6. The Balaban J connectivity index is 2.06. The molecule has 1 aliphatic heterocycles. The van der Waals surface area contributed by atoms with Crippen LogP contribution >= 0.6 is 0 Å². The first-order chi connectivity index (χ1) is 11.5. The Morgan fingerprint density at radius 3 is 2.40 bits per heavy atom. The van der Waals surface area contributed by atoms with Gasteiger partial charge in [-0.05, 0) is 38.0 Å². The molecule has 25 heavy (non-hydrogen) atoms. The lowest BCUT2D eigenvalue weighted by Crippen LogP contribution is -2.51. The van der Waals surface area contributed by atoms with Gasteiger partial charge < -0.3 is 14.9 Å². The number of hydrogen-bond acceptors (Lipinski definition) is 6. The summed E-state index contributed by atoms with van der Waals surface area (Å²) in [5, 5.41) is 21.2. The van der Waals surface area contributed by atoms with E-state index >= 15 is 0 Å². The normalized spacial score (nSPS) is 35.6. The molecule has 1 aliphatic carbocycles. The standard InChI is InChI=1S/C18H29NO6/c1-10-8-18(3,25-11(2)20)9-13(17(10)24)14(21)5-12-6-15(22)19(4)16(23)7-12/h10,12-14,17,21,24H,5-9H2,1-4H3/t10-,13-,14+,17?,18+/m0/s1. The number of hydrogen-bond donors (Lipinski definition) is 2. The third-order valence-electron chi connectivity index (χ3n) is 5.58. The van der Waals surface area contributed by atoms with Crippen molar-refractivity contribution in [3.05, 3.63) is 0 Å². The minimum atomic E-state index is -0.860. The molecule has 7 heteroatoms. The lowest BCUT2D eigenvalue weighted by atomic mass is 9.68. The minimum Gasteiger partial charge on any atom is -0.460 e. The van der Waals surface area contributed by atoms with E-state index < -0.39 is 23.7 Å². The van der Waals surface area contributed by atoms with Gasteiger partial charge in [-0.15, -0.1) is 0 Å². The van der Waals surface area contributed by atoms with Gasteiger partial charge in [-0.2, -0.15) is 0 Å². The first-order valence-corrected chi connectivity index (χ1v) is 8.87. The molecule has 1 saturated carbocycles. The zero-order valence-corrected chi connectivity index (χ0v) is 15.4.